The van der Waals surface area contributed by atoms with Crippen LogP contribution in [0.1, 0.15) is 0 Å². The van der Waals surface area contributed by atoms with Crippen molar-refractivity contribution in [1.82, 2.24) is 0 Å². The van der Waals surface area contributed by atoms with Gasteiger partial charge in [-0.25, -0.2) is 0 Å². The van der Waals surface area contributed by atoms with E-state index in [0.29, 0.717) is 12.3 Å². The lowest BCUT2D eigenvalue weighted by atomic mass is 10.2. The largest absolute Gasteiger partial charge is 0.482 e. The fraction of sp³-hybridized carbons (Fsp3) is 0.364. The van der Waals surface area contributed by atoms with E-state index in [4.69, 9.17) is 10.5 Å². The van der Waals surface area contributed by atoms with Crippen LogP contribution in [0.5, 0.6) is 5.75 Å². The molecule has 0 radical (unpaired) electrons. The highest BCUT2D eigenvalue weighted by atomic mass is 16.5. The quantitative estimate of drug-likeness (QED) is 0.776. The lowest BCUT2D eigenvalue weighted by Gasteiger charge is -2.22. The Kier molecular flexibility index (Phi) is 2.96. The van der Waals surface area contributed by atoms with Gasteiger partial charge in [0.25, 0.3) is 5.91 Å². The van der Waals surface area contributed by atoms with Crippen LogP contribution >= 0.6 is 0 Å². The molecular weight excluding hydrogens is 206 g/mol. The predicted molar refractivity (Wildman–Crippen MR) is 62.9 cm³/mol. The molecule has 1 aromatic rings. The Morgan fingerprint density at radius 3 is 3.12 bits per heavy atom. The molecule has 1 aliphatic heterocycles. The van der Waals surface area contributed by atoms with Crippen molar-refractivity contribution in [3.63, 3.8) is 0 Å². The fourth-order valence-electron chi connectivity index (χ4n) is 1.63. The Balaban J connectivity index is 2.24. The molecule has 1 aliphatic rings. The average molecular weight is 221 g/mol. The number of rotatable bonds is 3. The minimum atomic E-state index is -0.119. The summed E-state index contributed by atoms with van der Waals surface area (Å²) in [7, 11) is 1.96. The Labute approximate surface area is 94.2 Å². The molecule has 3 N–H and O–H groups in total. The third-order valence-electron chi connectivity index (χ3n) is 2.50. The minimum absolute atomic E-state index is 0.0883. The number of nitrogens with one attached hydrogen (secondary N) is 1. The van der Waals surface area contributed by atoms with Crippen LogP contribution in [0.2, 0.25) is 0 Å². The van der Waals surface area contributed by atoms with Gasteiger partial charge in [-0.05, 0) is 18.2 Å². The molecule has 2 rings (SSSR count). The molecule has 0 bridgehead atoms. The molecule has 0 aliphatic carbocycles. The van der Waals surface area contributed by atoms with Gasteiger partial charge in [-0.3, -0.25) is 4.79 Å². The Morgan fingerprint density at radius 2 is 2.38 bits per heavy atom. The first-order valence-electron chi connectivity index (χ1n) is 5.18. The van der Waals surface area contributed by atoms with Crippen molar-refractivity contribution in [1.29, 1.82) is 0 Å². The number of amides is 1. The summed E-state index contributed by atoms with van der Waals surface area (Å²) in [4.78, 5) is 13.2. The van der Waals surface area contributed by atoms with E-state index in [1.807, 2.05) is 30.1 Å². The Bertz CT molecular complexity index is 406. The Morgan fingerprint density at radius 1 is 1.56 bits per heavy atom. The summed E-state index contributed by atoms with van der Waals surface area (Å²) in [5.41, 5.74) is 7.22. The molecule has 1 aromatic carbocycles. The van der Waals surface area contributed by atoms with E-state index < -0.39 is 0 Å². The molecule has 16 heavy (non-hydrogen) atoms. The second kappa shape index (κ2) is 4.40. The average Bonchev–Trinajstić information content (AvgIpc) is 2.28. The molecule has 0 saturated heterocycles. The van der Waals surface area contributed by atoms with Gasteiger partial charge in [0.2, 0.25) is 0 Å². The minimum Gasteiger partial charge on any atom is -0.482 e. The molecule has 86 valence electrons. The number of nitrogens with two attached hydrogens (primary N) is 1. The van der Waals surface area contributed by atoms with E-state index >= 15 is 0 Å². The van der Waals surface area contributed by atoms with Gasteiger partial charge in [-0.15, -0.1) is 0 Å². The highest BCUT2D eigenvalue weighted by Gasteiger charge is 2.16. The second-order valence-corrected chi connectivity index (χ2v) is 3.73. The van der Waals surface area contributed by atoms with Crippen molar-refractivity contribution >= 4 is 17.3 Å². The molecule has 5 nitrogen and oxygen atoms in total. The highest BCUT2D eigenvalue weighted by Crippen LogP contribution is 2.31. The number of hydrogen-bond donors (Lipinski definition) is 2. The van der Waals surface area contributed by atoms with Crippen molar-refractivity contribution in [2.24, 2.45) is 5.73 Å². The van der Waals surface area contributed by atoms with E-state index in [0.717, 1.165) is 17.9 Å². The van der Waals surface area contributed by atoms with E-state index in [1.54, 1.807) is 0 Å². The zero-order valence-corrected chi connectivity index (χ0v) is 9.19. The third-order valence-corrected chi connectivity index (χ3v) is 2.50. The van der Waals surface area contributed by atoms with E-state index in [-0.39, 0.29) is 12.5 Å². The second-order valence-electron chi connectivity index (χ2n) is 3.73. The standard InChI is InChI=1S/C11H15N3O2/c1-14(5-4-12)8-2-3-10-9(6-8)13-11(15)7-16-10/h2-3,6H,4-5,7,12H2,1H3,(H,13,15). The monoisotopic (exact) mass is 221 g/mol. The first-order valence-corrected chi connectivity index (χ1v) is 5.18. The van der Waals surface area contributed by atoms with Crippen LogP contribution in [0.3, 0.4) is 0 Å². The van der Waals surface area contributed by atoms with Gasteiger partial charge in [-0.2, -0.15) is 0 Å². The molecule has 5 heteroatoms. The molecule has 0 unspecified atom stereocenters. The first-order chi connectivity index (χ1) is 7.70. The van der Waals surface area contributed by atoms with Gasteiger partial charge in [0.05, 0.1) is 5.69 Å². The molecule has 0 fully saturated rings. The highest BCUT2D eigenvalue weighted by molar-refractivity contribution is 5.96. The molecule has 1 heterocycles. The first kappa shape index (κ1) is 10.8. The summed E-state index contributed by atoms with van der Waals surface area (Å²) < 4.78 is 5.28. The van der Waals surface area contributed by atoms with Crippen LogP contribution in [0.4, 0.5) is 11.4 Å². The molecule has 1 amide bonds. The maximum Gasteiger partial charge on any atom is 0.262 e. The third kappa shape index (κ3) is 2.09. The van der Waals surface area contributed by atoms with Gasteiger partial charge < -0.3 is 20.7 Å². The van der Waals surface area contributed by atoms with Gasteiger partial charge in [-0.1, -0.05) is 0 Å². The SMILES string of the molecule is CN(CCN)c1ccc2c(c1)NC(=O)CO2. The summed E-state index contributed by atoms with van der Waals surface area (Å²) in [6.45, 7) is 1.45. The summed E-state index contributed by atoms with van der Waals surface area (Å²) >= 11 is 0. The van der Waals surface area contributed by atoms with Crippen LogP contribution in [0.25, 0.3) is 0 Å². The number of nitrogens with zero attached hydrogens (tertiary/aromatic N) is 1. The van der Waals surface area contributed by atoms with E-state index in [1.165, 1.54) is 0 Å². The van der Waals surface area contributed by atoms with Crippen molar-refractivity contribution in [2.75, 3.05) is 37.0 Å². The van der Waals surface area contributed by atoms with Gasteiger partial charge in [0.1, 0.15) is 5.75 Å². The van der Waals surface area contributed by atoms with Gasteiger partial charge >= 0.3 is 0 Å². The smallest absolute Gasteiger partial charge is 0.262 e. The molecule has 0 aromatic heterocycles. The summed E-state index contributed by atoms with van der Waals surface area (Å²) in [6, 6.07) is 5.70. The van der Waals surface area contributed by atoms with Crippen molar-refractivity contribution in [3.8, 4) is 5.75 Å². The predicted octanol–water partition coefficient (Wildman–Crippen LogP) is 0.412. The van der Waals surface area contributed by atoms with Crippen molar-refractivity contribution < 1.29 is 9.53 Å². The zero-order valence-electron chi connectivity index (χ0n) is 9.19. The number of anilines is 2. The summed E-state index contributed by atoms with van der Waals surface area (Å²) in [5, 5.41) is 2.78. The number of ether oxygens (including phenoxy) is 1. The zero-order chi connectivity index (χ0) is 11.5. The molecule has 0 saturated carbocycles. The number of carbonyl (C=O) groups excluding carboxylic acids is 1. The lowest BCUT2D eigenvalue weighted by molar-refractivity contribution is -0.118. The number of benzene rings is 1. The number of fused-ring (bicyclic) bond motifs is 1. The van der Waals surface area contributed by atoms with Crippen LogP contribution < -0.4 is 20.7 Å². The lowest BCUT2D eigenvalue weighted by Crippen LogP contribution is -2.27. The molecule has 0 atom stereocenters. The fourth-order valence-corrected chi connectivity index (χ4v) is 1.63. The normalized spacial score (nSPS) is 13.8. The van der Waals surface area contributed by atoms with Crippen LogP contribution in [0.15, 0.2) is 18.2 Å². The van der Waals surface area contributed by atoms with Crippen LogP contribution in [-0.2, 0) is 4.79 Å². The molecular formula is C11H15N3O2. The van der Waals surface area contributed by atoms with Crippen LogP contribution in [-0.4, -0.2) is 32.7 Å². The maximum absolute atomic E-state index is 11.2. The van der Waals surface area contributed by atoms with Gasteiger partial charge in [0.15, 0.2) is 6.61 Å². The Hall–Kier alpha value is -1.75. The van der Waals surface area contributed by atoms with Crippen molar-refractivity contribution in [2.45, 2.75) is 0 Å². The maximum atomic E-state index is 11.2. The summed E-state index contributed by atoms with van der Waals surface area (Å²) in [5.74, 6) is 0.593. The topological polar surface area (TPSA) is 67.6 Å². The van der Waals surface area contributed by atoms with Crippen LogP contribution in [0, 0.1) is 0 Å². The molecule has 0 spiro atoms. The number of likely N-dealkylation sites (N-methyl/N-ethyl adjacent to an activating group) is 1. The van der Waals surface area contributed by atoms with Gasteiger partial charge in [0, 0.05) is 25.8 Å². The van der Waals surface area contributed by atoms with E-state index in [2.05, 4.69) is 5.32 Å². The van der Waals surface area contributed by atoms with E-state index in [9.17, 15) is 4.79 Å². The number of hydrogen-bond acceptors (Lipinski definition) is 4. The summed E-state index contributed by atoms with van der Waals surface area (Å²) in [6.07, 6.45) is 0. The number of carbonyl (C=O) groups is 1. The van der Waals surface area contributed by atoms with Crippen molar-refractivity contribution in [3.05, 3.63) is 18.2 Å².